The van der Waals surface area contributed by atoms with Gasteiger partial charge in [-0.3, -0.25) is 0 Å². The fraction of sp³-hybridized carbons (Fsp3) is 0.667. The van der Waals surface area contributed by atoms with E-state index in [0.29, 0.717) is 0 Å². The van der Waals surface area contributed by atoms with Crippen LogP contribution in [-0.2, 0) is 19.8 Å². The topological polar surface area (TPSA) is 30.9 Å². The van der Waals surface area contributed by atoms with Crippen LogP contribution in [0, 0.1) is 0 Å². The van der Waals surface area contributed by atoms with Gasteiger partial charge < -0.3 is 17.8 Å². The Morgan fingerprint density at radius 2 is 1.33 bits per heavy atom. The first-order valence-electron chi connectivity index (χ1n) is 8.99. The third-order valence-corrected chi connectivity index (χ3v) is 13.9. The summed E-state index contributed by atoms with van der Waals surface area (Å²) >= 11 is 0. The first kappa shape index (κ1) is 21.5. The van der Waals surface area contributed by atoms with Gasteiger partial charge in [0.05, 0.1) is 0 Å². The van der Waals surface area contributed by atoms with Crippen molar-refractivity contribution in [2.45, 2.75) is 51.5 Å². The minimum absolute atomic E-state index is 0.831. The molecule has 0 saturated carbocycles. The zero-order chi connectivity index (χ0) is 18.1. The molecule has 1 aromatic carbocycles. The van der Waals surface area contributed by atoms with Gasteiger partial charge >= 0.3 is 8.80 Å². The minimum atomic E-state index is -2.53. The van der Waals surface area contributed by atoms with Crippen molar-refractivity contribution in [3.63, 3.8) is 0 Å². The molecule has 0 aliphatic rings. The second-order valence-corrected chi connectivity index (χ2v) is 14.5. The smallest absolute Gasteiger partial charge is 0.377 e. The summed E-state index contributed by atoms with van der Waals surface area (Å²) in [5, 5.41) is 0. The Kier molecular flexibility index (Phi) is 9.40. The summed E-state index contributed by atoms with van der Waals surface area (Å²) in [7, 11) is 1.09. The van der Waals surface area contributed by atoms with Gasteiger partial charge in [-0.2, -0.15) is 0 Å². The maximum atomic E-state index is 5.63. The average molecular weight is 370 g/mol. The van der Waals surface area contributed by atoms with Crippen molar-refractivity contribution in [2.24, 2.45) is 0 Å². The zero-order valence-electron chi connectivity index (χ0n) is 16.3. The highest BCUT2D eigenvalue weighted by Crippen LogP contribution is 2.28. The summed E-state index contributed by atoms with van der Waals surface area (Å²) in [5.74, 6) is 0. The van der Waals surface area contributed by atoms with Crippen LogP contribution in [0.2, 0.25) is 24.2 Å². The Morgan fingerprint density at radius 1 is 0.833 bits per heavy atom. The lowest BCUT2D eigenvalue weighted by molar-refractivity contribution is 0.121. The van der Waals surface area contributed by atoms with Gasteiger partial charge in [-0.15, -0.1) is 0 Å². The molecule has 0 amide bonds. The highest BCUT2D eigenvalue weighted by molar-refractivity contribution is 6.77. The van der Waals surface area contributed by atoms with Crippen molar-refractivity contribution in [1.29, 1.82) is 0 Å². The molecule has 0 spiro atoms. The van der Waals surface area contributed by atoms with Crippen LogP contribution in [0.3, 0.4) is 0 Å². The van der Waals surface area contributed by atoms with Crippen LogP contribution >= 0.6 is 0 Å². The van der Waals surface area contributed by atoms with Crippen molar-refractivity contribution >= 4 is 17.0 Å². The molecular weight excluding hydrogens is 334 g/mol. The molecule has 0 N–H and O–H groups in total. The van der Waals surface area contributed by atoms with Crippen molar-refractivity contribution < 1.29 is 13.3 Å². The lowest BCUT2D eigenvalue weighted by atomic mass is 10.2. The van der Waals surface area contributed by atoms with Gasteiger partial charge in [0.15, 0.2) is 0 Å². The second-order valence-electron chi connectivity index (χ2n) is 6.24. The molecule has 0 fully saturated rings. The first-order valence-corrected chi connectivity index (χ1v) is 13.5. The van der Waals surface area contributed by atoms with Gasteiger partial charge in [0.1, 0.15) is 8.24 Å². The Hall–Kier alpha value is -0.506. The van der Waals surface area contributed by atoms with Crippen LogP contribution in [0.1, 0.15) is 26.3 Å². The largest absolute Gasteiger partial charge is 0.501 e. The van der Waals surface area contributed by atoms with E-state index in [0.717, 1.165) is 19.1 Å². The van der Waals surface area contributed by atoms with E-state index in [-0.39, 0.29) is 0 Å². The highest BCUT2D eigenvalue weighted by atomic mass is 28.4. The summed E-state index contributed by atoms with van der Waals surface area (Å²) in [6.45, 7) is 9.03. The Morgan fingerprint density at radius 3 is 1.75 bits per heavy atom. The lowest BCUT2D eigenvalue weighted by Crippen LogP contribution is -2.54. The van der Waals surface area contributed by atoms with Crippen molar-refractivity contribution in [3.05, 3.63) is 35.9 Å². The molecule has 0 unspecified atom stereocenters. The normalized spacial score (nSPS) is 12.8. The van der Waals surface area contributed by atoms with Crippen LogP contribution in [0.15, 0.2) is 30.3 Å². The van der Waals surface area contributed by atoms with Gasteiger partial charge in [0, 0.05) is 33.9 Å². The molecule has 0 bridgehead atoms. The van der Waals surface area contributed by atoms with Gasteiger partial charge in [0.2, 0.25) is 0 Å². The standard InChI is InChI=1S/C18H35NO3Si2/c1-7-23(8-2,9-3)19(17-18-13-11-10-12-14-18)15-16-24(20-4,21-5)22-6/h10-14H,7-9,15-17H2,1-6H3. The molecule has 4 nitrogen and oxygen atoms in total. The summed E-state index contributed by atoms with van der Waals surface area (Å²) in [4.78, 5) is 0. The van der Waals surface area contributed by atoms with E-state index in [1.165, 1.54) is 23.7 Å². The van der Waals surface area contributed by atoms with E-state index in [9.17, 15) is 0 Å². The van der Waals surface area contributed by atoms with E-state index in [1.54, 1.807) is 21.3 Å². The van der Waals surface area contributed by atoms with Crippen LogP contribution in [0.5, 0.6) is 0 Å². The quantitative estimate of drug-likeness (QED) is 0.512. The molecule has 24 heavy (non-hydrogen) atoms. The maximum Gasteiger partial charge on any atom is 0.501 e. The predicted octanol–water partition coefficient (Wildman–Crippen LogP) is 4.37. The molecular formula is C18H35NO3Si2. The van der Waals surface area contributed by atoms with Gasteiger partial charge in [0.25, 0.3) is 0 Å². The van der Waals surface area contributed by atoms with Crippen LogP contribution in [0.25, 0.3) is 0 Å². The molecule has 1 aromatic rings. The monoisotopic (exact) mass is 369 g/mol. The lowest BCUT2D eigenvalue weighted by Gasteiger charge is -2.42. The molecule has 1 rings (SSSR count). The molecule has 0 aliphatic heterocycles. The summed E-state index contributed by atoms with van der Waals surface area (Å²) in [6, 6.07) is 15.4. The van der Waals surface area contributed by atoms with Gasteiger partial charge in [-0.25, -0.2) is 0 Å². The number of hydrogen-bond acceptors (Lipinski definition) is 4. The van der Waals surface area contributed by atoms with Crippen molar-refractivity contribution in [3.8, 4) is 0 Å². The van der Waals surface area contributed by atoms with Crippen LogP contribution in [-0.4, -0.2) is 49.5 Å². The first-order chi connectivity index (χ1) is 11.5. The maximum absolute atomic E-state index is 5.63. The molecule has 6 heteroatoms. The molecule has 0 radical (unpaired) electrons. The summed E-state index contributed by atoms with van der Waals surface area (Å²) in [6.07, 6.45) is 0. The molecule has 0 aliphatic carbocycles. The van der Waals surface area contributed by atoms with Gasteiger partial charge in [-0.1, -0.05) is 51.1 Å². The number of hydrogen-bond donors (Lipinski definition) is 0. The average Bonchev–Trinajstić information content (AvgIpc) is 2.65. The molecule has 0 heterocycles. The van der Waals surface area contributed by atoms with E-state index in [4.69, 9.17) is 13.3 Å². The summed E-state index contributed by atoms with van der Waals surface area (Å²) in [5.41, 5.74) is 1.38. The Labute approximate surface area is 150 Å². The predicted molar refractivity (Wildman–Crippen MR) is 106 cm³/mol. The van der Waals surface area contributed by atoms with Crippen LogP contribution in [0.4, 0.5) is 0 Å². The SMILES string of the molecule is CC[Si](CC)(CC)N(CC[Si](OC)(OC)OC)Cc1ccccc1. The van der Waals surface area contributed by atoms with Crippen molar-refractivity contribution in [2.75, 3.05) is 27.9 Å². The van der Waals surface area contributed by atoms with E-state index >= 15 is 0 Å². The Bertz CT molecular complexity index is 434. The van der Waals surface area contributed by atoms with Crippen LogP contribution < -0.4 is 0 Å². The Balaban J connectivity index is 3.00. The molecule has 0 aromatic heterocycles. The second kappa shape index (κ2) is 10.5. The van der Waals surface area contributed by atoms with Crippen molar-refractivity contribution in [1.82, 2.24) is 4.57 Å². The third-order valence-electron chi connectivity index (χ3n) is 5.48. The molecule has 138 valence electrons. The molecule has 0 saturated heterocycles. The summed E-state index contributed by atoms with van der Waals surface area (Å²) < 4.78 is 19.6. The fourth-order valence-corrected chi connectivity index (χ4v) is 9.36. The highest BCUT2D eigenvalue weighted by Gasteiger charge is 2.41. The molecule has 0 atom stereocenters. The minimum Gasteiger partial charge on any atom is -0.377 e. The number of rotatable bonds is 12. The fourth-order valence-electron chi connectivity index (χ4n) is 3.54. The van der Waals surface area contributed by atoms with E-state index < -0.39 is 17.0 Å². The zero-order valence-corrected chi connectivity index (χ0v) is 18.3. The number of nitrogens with zero attached hydrogens (tertiary/aromatic N) is 1. The van der Waals surface area contributed by atoms with E-state index in [1.807, 2.05) is 0 Å². The number of benzene rings is 1. The third kappa shape index (κ3) is 5.24. The van der Waals surface area contributed by atoms with E-state index in [2.05, 4.69) is 55.7 Å². The van der Waals surface area contributed by atoms with Gasteiger partial charge in [-0.05, 0) is 30.2 Å².